The van der Waals surface area contributed by atoms with Gasteiger partial charge in [-0.15, -0.1) is 23.1 Å². The molecule has 0 aliphatic rings. The van der Waals surface area contributed by atoms with E-state index in [1.165, 1.54) is 23.1 Å². The Labute approximate surface area is 163 Å². The summed E-state index contributed by atoms with van der Waals surface area (Å²) in [7, 11) is 0. The molecule has 0 saturated heterocycles. The third-order valence-corrected chi connectivity index (χ3v) is 5.84. The maximum absolute atomic E-state index is 12.3. The van der Waals surface area contributed by atoms with Crippen LogP contribution in [0, 0.1) is 0 Å². The van der Waals surface area contributed by atoms with Crippen molar-refractivity contribution in [1.82, 2.24) is 4.98 Å². The minimum absolute atomic E-state index is 0.0975. The number of benzene rings is 1. The van der Waals surface area contributed by atoms with Crippen LogP contribution in [0.15, 0.2) is 46.4 Å². The number of aromatic nitrogens is 1. The van der Waals surface area contributed by atoms with Gasteiger partial charge in [0.05, 0.1) is 28.0 Å². The summed E-state index contributed by atoms with van der Waals surface area (Å²) in [6, 6.07) is 8.96. The van der Waals surface area contributed by atoms with Gasteiger partial charge in [-0.3, -0.25) is 4.79 Å². The van der Waals surface area contributed by atoms with Gasteiger partial charge in [0.25, 0.3) is 0 Å². The van der Waals surface area contributed by atoms with E-state index in [0.29, 0.717) is 26.6 Å². The number of thiazole rings is 1. The van der Waals surface area contributed by atoms with Gasteiger partial charge < -0.3 is 9.73 Å². The third kappa shape index (κ3) is 4.79. The van der Waals surface area contributed by atoms with Gasteiger partial charge in [-0.05, 0) is 37.3 Å². The molecule has 0 spiro atoms. The number of halogens is 2. The topological polar surface area (TPSA) is 55.1 Å². The van der Waals surface area contributed by atoms with Gasteiger partial charge in [0.2, 0.25) is 5.91 Å². The van der Waals surface area contributed by atoms with Crippen LogP contribution in [0.5, 0.6) is 0 Å². The molecule has 1 amide bonds. The lowest BCUT2D eigenvalue weighted by atomic mass is 10.2. The highest BCUT2D eigenvalue weighted by Crippen LogP contribution is 2.32. The highest BCUT2D eigenvalue weighted by atomic mass is 35.5. The molecule has 1 atom stereocenters. The zero-order valence-corrected chi connectivity index (χ0v) is 16.3. The van der Waals surface area contributed by atoms with E-state index in [1.54, 1.807) is 18.4 Å². The molecule has 0 aliphatic carbocycles. The molecule has 4 nitrogen and oxygen atoms in total. The highest BCUT2D eigenvalue weighted by molar-refractivity contribution is 7.99. The zero-order chi connectivity index (χ0) is 17.8. The van der Waals surface area contributed by atoms with Crippen molar-refractivity contribution in [2.24, 2.45) is 0 Å². The molecule has 0 saturated carbocycles. The highest BCUT2D eigenvalue weighted by Gasteiger charge is 2.16. The number of amides is 1. The van der Waals surface area contributed by atoms with Crippen molar-refractivity contribution in [3.8, 4) is 11.3 Å². The summed E-state index contributed by atoms with van der Waals surface area (Å²) in [4.78, 5) is 16.7. The molecule has 3 aromatic rings. The summed E-state index contributed by atoms with van der Waals surface area (Å²) in [6.45, 7) is 1.85. The molecule has 1 unspecified atom stereocenters. The van der Waals surface area contributed by atoms with Crippen LogP contribution >= 0.6 is 46.3 Å². The Bertz CT molecular complexity index is 865. The average molecular weight is 413 g/mol. The monoisotopic (exact) mass is 412 g/mol. The second kappa shape index (κ2) is 8.27. The zero-order valence-electron chi connectivity index (χ0n) is 13.2. The molecular formula is C17H14Cl2N2O2S2. The fourth-order valence-corrected chi connectivity index (χ4v) is 4.04. The molecular weight excluding hydrogens is 399 g/mol. The van der Waals surface area contributed by atoms with Crippen LogP contribution in [0.4, 0.5) is 5.13 Å². The normalized spacial score (nSPS) is 12.1. The first kappa shape index (κ1) is 18.3. The first-order chi connectivity index (χ1) is 12.0. The maximum atomic E-state index is 12.3. The molecule has 1 aromatic carbocycles. The maximum Gasteiger partial charge on any atom is 0.239 e. The number of hydrogen-bond donors (Lipinski definition) is 1. The second-order valence-electron chi connectivity index (χ2n) is 5.18. The minimum atomic E-state index is -0.225. The molecule has 0 radical (unpaired) electrons. The Kier molecular flexibility index (Phi) is 6.06. The van der Waals surface area contributed by atoms with Crippen molar-refractivity contribution in [2.45, 2.75) is 17.9 Å². The molecule has 0 aliphatic heterocycles. The van der Waals surface area contributed by atoms with Gasteiger partial charge in [0, 0.05) is 16.0 Å². The van der Waals surface area contributed by atoms with E-state index in [1.807, 2.05) is 30.5 Å². The Hall–Kier alpha value is -1.47. The van der Waals surface area contributed by atoms with Crippen LogP contribution in [0.3, 0.4) is 0 Å². The lowest BCUT2D eigenvalue weighted by Gasteiger charge is -2.09. The van der Waals surface area contributed by atoms with E-state index in [2.05, 4.69) is 10.3 Å². The van der Waals surface area contributed by atoms with Crippen molar-refractivity contribution in [1.29, 1.82) is 0 Å². The standard InChI is InChI=1S/C17H14Cl2N2O2S2/c1-10(24-8-12-3-2-6-23-12)16(22)21-17-20-15(9-25-17)13-5-4-11(18)7-14(13)19/h2-7,9-10H,8H2,1H3,(H,20,21,22). The Morgan fingerprint density at radius 2 is 2.24 bits per heavy atom. The van der Waals surface area contributed by atoms with Gasteiger partial charge in [-0.1, -0.05) is 23.2 Å². The molecule has 2 aromatic heterocycles. The second-order valence-corrected chi connectivity index (χ2v) is 8.21. The molecule has 1 N–H and O–H groups in total. The van der Waals surface area contributed by atoms with Crippen molar-refractivity contribution < 1.29 is 9.21 Å². The number of carbonyl (C=O) groups excluding carboxylic acids is 1. The molecule has 2 heterocycles. The number of anilines is 1. The van der Waals surface area contributed by atoms with Gasteiger partial charge >= 0.3 is 0 Å². The fraction of sp³-hybridized carbons (Fsp3) is 0.176. The van der Waals surface area contributed by atoms with Crippen LogP contribution in [0.2, 0.25) is 10.0 Å². The SMILES string of the molecule is CC(SCc1ccco1)C(=O)Nc1nc(-c2ccc(Cl)cc2Cl)cs1. The molecule has 8 heteroatoms. The number of nitrogens with zero attached hydrogens (tertiary/aromatic N) is 1. The summed E-state index contributed by atoms with van der Waals surface area (Å²) < 4.78 is 5.27. The first-order valence-electron chi connectivity index (χ1n) is 7.38. The predicted octanol–water partition coefficient (Wildman–Crippen LogP) is 5.97. The van der Waals surface area contributed by atoms with Crippen molar-refractivity contribution in [3.63, 3.8) is 0 Å². The number of nitrogens with one attached hydrogen (secondary N) is 1. The van der Waals surface area contributed by atoms with Crippen LogP contribution < -0.4 is 5.32 Å². The van der Waals surface area contributed by atoms with Crippen LogP contribution in [0.1, 0.15) is 12.7 Å². The van der Waals surface area contributed by atoms with Crippen molar-refractivity contribution in [2.75, 3.05) is 5.32 Å². The van der Waals surface area contributed by atoms with E-state index in [0.717, 1.165) is 11.3 Å². The van der Waals surface area contributed by atoms with E-state index >= 15 is 0 Å². The quantitative estimate of drug-likeness (QED) is 0.541. The number of thioether (sulfide) groups is 1. The number of furan rings is 1. The van der Waals surface area contributed by atoms with Gasteiger partial charge in [0.15, 0.2) is 5.13 Å². The molecule has 3 rings (SSSR count). The number of hydrogen-bond acceptors (Lipinski definition) is 5. The van der Waals surface area contributed by atoms with Gasteiger partial charge in [-0.25, -0.2) is 4.98 Å². The average Bonchev–Trinajstić information content (AvgIpc) is 3.24. The van der Waals surface area contributed by atoms with Gasteiger partial charge in [-0.2, -0.15) is 0 Å². The predicted molar refractivity (Wildman–Crippen MR) is 106 cm³/mol. The first-order valence-corrected chi connectivity index (χ1v) is 10.1. The fourth-order valence-electron chi connectivity index (χ4n) is 2.04. The third-order valence-electron chi connectivity index (χ3n) is 3.37. The summed E-state index contributed by atoms with van der Waals surface area (Å²) in [6.07, 6.45) is 1.62. The minimum Gasteiger partial charge on any atom is -0.468 e. The number of carbonyl (C=O) groups is 1. The van der Waals surface area contributed by atoms with E-state index < -0.39 is 0 Å². The number of rotatable bonds is 6. The molecule has 0 bridgehead atoms. The van der Waals surface area contributed by atoms with E-state index in [9.17, 15) is 4.79 Å². The van der Waals surface area contributed by atoms with E-state index in [-0.39, 0.29) is 11.2 Å². The molecule has 0 fully saturated rings. The lowest BCUT2D eigenvalue weighted by molar-refractivity contribution is -0.115. The molecule has 25 heavy (non-hydrogen) atoms. The Morgan fingerprint density at radius 3 is 2.96 bits per heavy atom. The summed E-state index contributed by atoms with van der Waals surface area (Å²) >= 11 is 15.0. The van der Waals surface area contributed by atoms with Crippen molar-refractivity contribution >= 4 is 57.3 Å². The largest absolute Gasteiger partial charge is 0.468 e. The van der Waals surface area contributed by atoms with Gasteiger partial charge in [0.1, 0.15) is 5.76 Å². The Morgan fingerprint density at radius 1 is 1.40 bits per heavy atom. The molecule has 130 valence electrons. The lowest BCUT2D eigenvalue weighted by Crippen LogP contribution is -2.22. The summed E-state index contributed by atoms with van der Waals surface area (Å²) in [5.74, 6) is 1.39. The van der Waals surface area contributed by atoms with Crippen LogP contribution in [-0.4, -0.2) is 16.1 Å². The van der Waals surface area contributed by atoms with Crippen molar-refractivity contribution in [3.05, 3.63) is 57.8 Å². The smallest absolute Gasteiger partial charge is 0.239 e. The Balaban J connectivity index is 1.61. The van der Waals surface area contributed by atoms with E-state index in [4.69, 9.17) is 27.6 Å². The summed E-state index contributed by atoms with van der Waals surface area (Å²) in [5, 5.41) is 6.10. The van der Waals surface area contributed by atoms with Crippen LogP contribution in [0.25, 0.3) is 11.3 Å². The van der Waals surface area contributed by atoms with Crippen LogP contribution in [-0.2, 0) is 10.5 Å². The summed E-state index contributed by atoms with van der Waals surface area (Å²) in [5.41, 5.74) is 1.49.